The van der Waals surface area contributed by atoms with E-state index in [9.17, 15) is 13.2 Å². The predicted octanol–water partition coefficient (Wildman–Crippen LogP) is 2.10. The van der Waals surface area contributed by atoms with E-state index in [0.717, 1.165) is 11.3 Å². The standard InChI is InChI=1S/C16H17ClN4O3S/c1-10-2-3-11(17)8-14(10)21-16-18-6-4-13(20-16)15(22)19-12-5-7-25(23,24)9-12/h2-4,6,8,12H,5,7,9H2,1H3,(H,19,22)(H,18,20,21). The molecule has 1 aromatic heterocycles. The van der Waals surface area contributed by atoms with Gasteiger partial charge in [-0.25, -0.2) is 18.4 Å². The molecular weight excluding hydrogens is 364 g/mol. The fourth-order valence-electron chi connectivity index (χ4n) is 2.56. The molecule has 2 N–H and O–H groups in total. The Labute approximate surface area is 150 Å². The Morgan fingerprint density at radius 2 is 2.12 bits per heavy atom. The van der Waals surface area contributed by atoms with Crippen LogP contribution in [0.2, 0.25) is 5.02 Å². The minimum Gasteiger partial charge on any atom is -0.347 e. The topological polar surface area (TPSA) is 101 Å². The third-order valence-electron chi connectivity index (χ3n) is 3.90. The van der Waals surface area contributed by atoms with Crippen LogP contribution in [0.5, 0.6) is 0 Å². The van der Waals surface area contributed by atoms with Gasteiger partial charge in [0.05, 0.1) is 11.5 Å². The normalized spacial score (nSPS) is 18.7. The molecule has 0 aliphatic carbocycles. The highest BCUT2D eigenvalue weighted by Crippen LogP contribution is 2.22. The lowest BCUT2D eigenvalue weighted by atomic mass is 10.2. The van der Waals surface area contributed by atoms with Crippen LogP contribution in [0.4, 0.5) is 11.6 Å². The Morgan fingerprint density at radius 1 is 1.32 bits per heavy atom. The Hall–Kier alpha value is -2.19. The quantitative estimate of drug-likeness (QED) is 0.842. The highest BCUT2D eigenvalue weighted by atomic mass is 35.5. The Balaban J connectivity index is 1.73. The molecule has 3 rings (SSSR count). The van der Waals surface area contributed by atoms with E-state index in [4.69, 9.17) is 11.6 Å². The van der Waals surface area contributed by atoms with Crippen molar-refractivity contribution in [3.63, 3.8) is 0 Å². The third-order valence-corrected chi connectivity index (χ3v) is 5.91. The zero-order valence-electron chi connectivity index (χ0n) is 13.5. The average Bonchev–Trinajstić information content (AvgIpc) is 2.90. The van der Waals surface area contributed by atoms with Gasteiger partial charge >= 0.3 is 0 Å². The number of rotatable bonds is 4. The lowest BCUT2D eigenvalue weighted by molar-refractivity contribution is 0.0936. The van der Waals surface area contributed by atoms with Crippen LogP contribution in [0.15, 0.2) is 30.5 Å². The van der Waals surface area contributed by atoms with E-state index in [1.54, 1.807) is 12.1 Å². The van der Waals surface area contributed by atoms with E-state index in [2.05, 4.69) is 20.6 Å². The molecular formula is C16H17ClN4O3S. The Morgan fingerprint density at radius 3 is 2.84 bits per heavy atom. The highest BCUT2D eigenvalue weighted by molar-refractivity contribution is 7.91. The zero-order valence-corrected chi connectivity index (χ0v) is 15.1. The molecule has 7 nitrogen and oxygen atoms in total. The smallest absolute Gasteiger partial charge is 0.270 e. The maximum atomic E-state index is 12.3. The predicted molar refractivity (Wildman–Crippen MR) is 96.0 cm³/mol. The number of amides is 1. The molecule has 1 aliphatic heterocycles. The zero-order chi connectivity index (χ0) is 18.0. The molecule has 1 amide bonds. The van der Waals surface area contributed by atoms with Crippen LogP contribution in [-0.2, 0) is 9.84 Å². The fraction of sp³-hybridized carbons (Fsp3) is 0.312. The molecule has 9 heteroatoms. The van der Waals surface area contributed by atoms with Gasteiger partial charge in [0.25, 0.3) is 5.91 Å². The summed E-state index contributed by atoms with van der Waals surface area (Å²) in [6, 6.07) is 6.49. The first kappa shape index (κ1) is 17.6. The molecule has 1 saturated heterocycles. The molecule has 1 aliphatic rings. The van der Waals surface area contributed by atoms with Gasteiger partial charge in [0.15, 0.2) is 9.84 Å². The van der Waals surface area contributed by atoms with Crippen LogP contribution < -0.4 is 10.6 Å². The van der Waals surface area contributed by atoms with Crippen molar-refractivity contribution in [3.8, 4) is 0 Å². The van der Waals surface area contributed by atoms with Crippen molar-refractivity contribution < 1.29 is 13.2 Å². The summed E-state index contributed by atoms with van der Waals surface area (Å²) in [5, 5.41) is 6.31. The molecule has 0 radical (unpaired) electrons. The number of nitrogens with zero attached hydrogens (tertiary/aromatic N) is 2. The molecule has 1 fully saturated rings. The molecule has 1 atom stereocenters. The molecule has 1 unspecified atom stereocenters. The number of aromatic nitrogens is 2. The van der Waals surface area contributed by atoms with Crippen molar-refractivity contribution in [2.45, 2.75) is 19.4 Å². The molecule has 0 spiro atoms. The van der Waals surface area contributed by atoms with Crippen molar-refractivity contribution >= 4 is 39.0 Å². The number of halogens is 1. The van der Waals surface area contributed by atoms with Gasteiger partial charge in [-0.2, -0.15) is 0 Å². The van der Waals surface area contributed by atoms with Crippen LogP contribution >= 0.6 is 11.6 Å². The molecule has 0 bridgehead atoms. The molecule has 0 saturated carbocycles. The summed E-state index contributed by atoms with van der Waals surface area (Å²) in [7, 11) is -3.05. The minimum atomic E-state index is -3.05. The monoisotopic (exact) mass is 380 g/mol. The number of sulfone groups is 1. The van der Waals surface area contributed by atoms with E-state index in [0.29, 0.717) is 11.4 Å². The van der Waals surface area contributed by atoms with Crippen LogP contribution in [0.3, 0.4) is 0 Å². The lowest BCUT2D eigenvalue weighted by Gasteiger charge is -2.12. The first-order valence-electron chi connectivity index (χ1n) is 7.70. The summed E-state index contributed by atoms with van der Waals surface area (Å²) in [6.07, 6.45) is 1.89. The molecule has 2 heterocycles. The van der Waals surface area contributed by atoms with Crippen molar-refractivity contribution in [2.75, 3.05) is 16.8 Å². The van der Waals surface area contributed by atoms with E-state index in [1.807, 2.05) is 13.0 Å². The van der Waals surface area contributed by atoms with Crippen molar-refractivity contribution in [3.05, 3.63) is 46.7 Å². The summed E-state index contributed by atoms with van der Waals surface area (Å²) >= 11 is 5.99. The van der Waals surface area contributed by atoms with Gasteiger partial charge in [-0.1, -0.05) is 17.7 Å². The first-order valence-corrected chi connectivity index (χ1v) is 9.90. The molecule has 1 aromatic carbocycles. The number of carbonyl (C=O) groups excluding carboxylic acids is 1. The maximum absolute atomic E-state index is 12.3. The SMILES string of the molecule is Cc1ccc(Cl)cc1Nc1nccc(C(=O)NC2CCS(=O)(=O)C2)n1. The summed E-state index contributed by atoms with van der Waals surface area (Å²) in [6.45, 7) is 1.91. The number of anilines is 2. The second kappa shape index (κ2) is 6.97. The fourth-order valence-corrected chi connectivity index (χ4v) is 4.41. The largest absolute Gasteiger partial charge is 0.347 e. The minimum absolute atomic E-state index is 0.0311. The van der Waals surface area contributed by atoms with E-state index in [1.165, 1.54) is 12.3 Å². The van der Waals surface area contributed by atoms with Crippen molar-refractivity contribution in [2.24, 2.45) is 0 Å². The van der Waals surface area contributed by atoms with Crippen molar-refractivity contribution in [1.82, 2.24) is 15.3 Å². The van der Waals surface area contributed by atoms with E-state index in [-0.39, 0.29) is 29.2 Å². The number of nitrogens with one attached hydrogen (secondary N) is 2. The Kier molecular flexibility index (Phi) is 4.91. The molecule has 25 heavy (non-hydrogen) atoms. The first-order chi connectivity index (χ1) is 11.8. The van der Waals surface area contributed by atoms with Crippen LogP contribution in [0.25, 0.3) is 0 Å². The summed E-state index contributed by atoms with van der Waals surface area (Å²) < 4.78 is 23.0. The van der Waals surface area contributed by atoms with Crippen LogP contribution in [0, 0.1) is 6.92 Å². The van der Waals surface area contributed by atoms with E-state index >= 15 is 0 Å². The van der Waals surface area contributed by atoms with Gasteiger partial charge in [-0.15, -0.1) is 0 Å². The summed E-state index contributed by atoms with van der Waals surface area (Å²) in [5.41, 5.74) is 1.87. The third kappa shape index (κ3) is 4.46. The maximum Gasteiger partial charge on any atom is 0.270 e. The van der Waals surface area contributed by atoms with E-state index < -0.39 is 15.7 Å². The van der Waals surface area contributed by atoms with Gasteiger partial charge in [-0.05, 0) is 37.1 Å². The highest BCUT2D eigenvalue weighted by Gasteiger charge is 2.29. The lowest BCUT2D eigenvalue weighted by Crippen LogP contribution is -2.36. The summed E-state index contributed by atoms with van der Waals surface area (Å²) in [5.74, 6) is -0.0911. The number of carbonyl (C=O) groups is 1. The second-order valence-corrected chi connectivity index (χ2v) is 8.59. The van der Waals surface area contributed by atoms with Crippen LogP contribution in [-0.4, -0.2) is 41.8 Å². The van der Waals surface area contributed by atoms with Crippen LogP contribution in [0.1, 0.15) is 22.5 Å². The number of benzene rings is 1. The Bertz CT molecular complexity index is 917. The number of hydrogen-bond donors (Lipinski definition) is 2. The van der Waals surface area contributed by atoms with Gasteiger partial charge in [0.2, 0.25) is 5.95 Å². The van der Waals surface area contributed by atoms with Gasteiger partial charge in [0.1, 0.15) is 5.69 Å². The van der Waals surface area contributed by atoms with Gasteiger partial charge < -0.3 is 10.6 Å². The molecule has 2 aromatic rings. The second-order valence-electron chi connectivity index (χ2n) is 5.92. The van der Waals surface area contributed by atoms with Gasteiger partial charge in [-0.3, -0.25) is 4.79 Å². The summed E-state index contributed by atoms with van der Waals surface area (Å²) in [4.78, 5) is 20.6. The average molecular weight is 381 g/mol. The van der Waals surface area contributed by atoms with Crippen molar-refractivity contribution in [1.29, 1.82) is 0 Å². The molecule has 132 valence electrons. The number of aryl methyl sites for hydroxylation is 1. The number of hydrogen-bond acceptors (Lipinski definition) is 6. The van der Waals surface area contributed by atoms with Gasteiger partial charge in [0, 0.05) is 22.9 Å².